The summed E-state index contributed by atoms with van der Waals surface area (Å²) in [6, 6.07) is 8.71. The number of halogens is 1. The maximum Gasteiger partial charge on any atom is 0.0627 e. The van der Waals surface area contributed by atoms with Crippen molar-refractivity contribution >= 4 is 27.7 Å². The molecule has 1 rings (SSSR count). The van der Waals surface area contributed by atoms with Crippen molar-refractivity contribution in [3.05, 3.63) is 28.7 Å². The van der Waals surface area contributed by atoms with Gasteiger partial charge in [-0.15, -0.1) is 11.8 Å². The van der Waals surface area contributed by atoms with Gasteiger partial charge in [-0.2, -0.15) is 0 Å². The number of hydrogen-bond acceptors (Lipinski definition) is 3. The average molecular weight is 318 g/mol. The van der Waals surface area contributed by atoms with Gasteiger partial charge in [-0.05, 0) is 41.5 Å². The highest BCUT2D eigenvalue weighted by molar-refractivity contribution is 9.10. The summed E-state index contributed by atoms with van der Waals surface area (Å²) in [5.74, 6) is 1.02. The molecule has 0 heterocycles. The van der Waals surface area contributed by atoms with Crippen LogP contribution in [-0.4, -0.2) is 32.1 Å². The Labute approximate surface area is 117 Å². The summed E-state index contributed by atoms with van der Waals surface area (Å²) in [7, 11) is 1.99. The highest BCUT2D eigenvalue weighted by Crippen LogP contribution is 2.27. The Bertz CT molecular complexity index is 322. The highest BCUT2D eigenvalue weighted by atomic mass is 79.9. The molecule has 0 spiro atoms. The van der Waals surface area contributed by atoms with E-state index in [2.05, 4.69) is 46.4 Å². The third-order valence-electron chi connectivity index (χ3n) is 2.35. The monoisotopic (exact) mass is 317 g/mol. The number of likely N-dealkylation sites (N-methyl/N-ethyl adjacent to an activating group) is 1. The van der Waals surface area contributed by atoms with Gasteiger partial charge in [0.1, 0.15) is 0 Å². The van der Waals surface area contributed by atoms with Crippen LogP contribution in [0.3, 0.4) is 0 Å². The standard InChI is InChI=1S/C13H20BrNOS/c1-3-8-16-9-11(15-2)10-17-13-7-5-4-6-12(13)14/h4-7,11,15H,3,8-10H2,1-2H3. The molecular weight excluding hydrogens is 298 g/mol. The van der Waals surface area contributed by atoms with E-state index in [0.29, 0.717) is 6.04 Å². The zero-order valence-electron chi connectivity index (χ0n) is 10.4. The summed E-state index contributed by atoms with van der Waals surface area (Å²) in [5.41, 5.74) is 0. The number of hydrogen-bond donors (Lipinski definition) is 1. The van der Waals surface area contributed by atoms with Gasteiger partial charge in [0.05, 0.1) is 6.61 Å². The maximum absolute atomic E-state index is 5.57. The second-order valence-electron chi connectivity index (χ2n) is 3.80. The van der Waals surface area contributed by atoms with Crippen LogP contribution in [0.2, 0.25) is 0 Å². The lowest BCUT2D eigenvalue weighted by atomic mass is 10.4. The van der Waals surface area contributed by atoms with Gasteiger partial charge < -0.3 is 10.1 Å². The number of ether oxygens (including phenoxy) is 1. The van der Waals surface area contributed by atoms with Crippen LogP contribution in [0, 0.1) is 0 Å². The maximum atomic E-state index is 5.57. The molecule has 1 atom stereocenters. The van der Waals surface area contributed by atoms with Gasteiger partial charge in [0.2, 0.25) is 0 Å². The Morgan fingerprint density at radius 1 is 1.41 bits per heavy atom. The zero-order chi connectivity index (χ0) is 12.5. The summed E-state index contributed by atoms with van der Waals surface area (Å²) in [5, 5.41) is 3.29. The van der Waals surface area contributed by atoms with Crippen LogP contribution in [0.15, 0.2) is 33.6 Å². The quantitative estimate of drug-likeness (QED) is 0.585. The van der Waals surface area contributed by atoms with Gasteiger partial charge in [0, 0.05) is 27.8 Å². The molecule has 1 unspecified atom stereocenters. The molecule has 0 radical (unpaired) electrons. The van der Waals surface area contributed by atoms with Crippen LogP contribution < -0.4 is 5.32 Å². The van der Waals surface area contributed by atoms with Crippen LogP contribution in [0.25, 0.3) is 0 Å². The molecule has 0 fully saturated rings. The second kappa shape index (κ2) is 8.97. The molecule has 0 saturated heterocycles. The van der Waals surface area contributed by atoms with E-state index in [-0.39, 0.29) is 0 Å². The SMILES string of the molecule is CCCOCC(CSc1ccccc1Br)NC. The number of thioether (sulfide) groups is 1. The number of benzene rings is 1. The van der Waals surface area contributed by atoms with E-state index in [4.69, 9.17) is 4.74 Å². The molecule has 1 aromatic carbocycles. The van der Waals surface area contributed by atoms with Gasteiger partial charge in [-0.3, -0.25) is 0 Å². The van der Waals surface area contributed by atoms with Crippen LogP contribution >= 0.6 is 27.7 Å². The van der Waals surface area contributed by atoms with Crippen LogP contribution in [0.1, 0.15) is 13.3 Å². The number of rotatable bonds is 8. The fourth-order valence-corrected chi connectivity index (χ4v) is 2.99. The third kappa shape index (κ3) is 5.91. The summed E-state index contributed by atoms with van der Waals surface area (Å²) in [4.78, 5) is 1.28. The first-order chi connectivity index (χ1) is 8.27. The molecule has 1 aromatic rings. The molecule has 0 amide bonds. The van der Waals surface area contributed by atoms with Crippen molar-refractivity contribution in [3.8, 4) is 0 Å². The summed E-state index contributed by atoms with van der Waals surface area (Å²) >= 11 is 5.41. The van der Waals surface area contributed by atoms with Crippen LogP contribution in [0.5, 0.6) is 0 Å². The largest absolute Gasteiger partial charge is 0.380 e. The van der Waals surface area contributed by atoms with Crippen molar-refractivity contribution in [1.29, 1.82) is 0 Å². The Morgan fingerprint density at radius 2 is 2.18 bits per heavy atom. The van der Waals surface area contributed by atoms with E-state index in [1.165, 1.54) is 4.90 Å². The molecular formula is C13H20BrNOS. The lowest BCUT2D eigenvalue weighted by Crippen LogP contribution is -2.32. The fourth-order valence-electron chi connectivity index (χ4n) is 1.34. The molecule has 4 heteroatoms. The molecule has 0 aromatic heterocycles. The van der Waals surface area contributed by atoms with E-state index in [1.807, 2.05) is 24.9 Å². The normalized spacial score (nSPS) is 12.6. The van der Waals surface area contributed by atoms with Gasteiger partial charge in [0.15, 0.2) is 0 Å². The third-order valence-corrected chi connectivity index (χ3v) is 4.54. The first-order valence-electron chi connectivity index (χ1n) is 5.90. The van der Waals surface area contributed by atoms with Crippen molar-refractivity contribution in [2.24, 2.45) is 0 Å². The average Bonchev–Trinajstić information content (AvgIpc) is 2.35. The van der Waals surface area contributed by atoms with E-state index in [1.54, 1.807) is 0 Å². The molecule has 2 nitrogen and oxygen atoms in total. The minimum atomic E-state index is 0.402. The minimum Gasteiger partial charge on any atom is -0.380 e. The van der Waals surface area contributed by atoms with Crippen molar-refractivity contribution in [2.75, 3.05) is 26.0 Å². The Kier molecular flexibility index (Phi) is 7.93. The summed E-state index contributed by atoms with van der Waals surface area (Å²) < 4.78 is 6.73. The number of nitrogens with one attached hydrogen (secondary N) is 1. The van der Waals surface area contributed by atoms with E-state index < -0.39 is 0 Å². The predicted octanol–water partition coefficient (Wildman–Crippen LogP) is 3.56. The topological polar surface area (TPSA) is 21.3 Å². The molecule has 96 valence electrons. The summed E-state index contributed by atoms with van der Waals surface area (Å²) in [6.45, 7) is 3.75. The van der Waals surface area contributed by atoms with Crippen molar-refractivity contribution < 1.29 is 4.74 Å². The molecule has 1 N–H and O–H groups in total. The molecule has 0 aliphatic carbocycles. The second-order valence-corrected chi connectivity index (χ2v) is 5.72. The van der Waals surface area contributed by atoms with E-state index in [9.17, 15) is 0 Å². The van der Waals surface area contributed by atoms with Crippen molar-refractivity contribution in [3.63, 3.8) is 0 Å². The summed E-state index contributed by atoms with van der Waals surface area (Å²) in [6.07, 6.45) is 1.08. The highest BCUT2D eigenvalue weighted by Gasteiger charge is 2.08. The van der Waals surface area contributed by atoms with E-state index in [0.717, 1.165) is 29.9 Å². The minimum absolute atomic E-state index is 0.402. The molecule has 0 aliphatic heterocycles. The van der Waals surface area contributed by atoms with Crippen molar-refractivity contribution in [2.45, 2.75) is 24.3 Å². The fraction of sp³-hybridized carbons (Fsp3) is 0.538. The molecule has 17 heavy (non-hydrogen) atoms. The van der Waals surface area contributed by atoms with E-state index >= 15 is 0 Å². The first kappa shape index (κ1) is 15.0. The molecule has 0 saturated carbocycles. The van der Waals surface area contributed by atoms with Gasteiger partial charge in [0.25, 0.3) is 0 Å². The predicted molar refractivity (Wildman–Crippen MR) is 78.8 cm³/mol. The Balaban J connectivity index is 2.34. The van der Waals surface area contributed by atoms with Crippen LogP contribution in [0.4, 0.5) is 0 Å². The smallest absolute Gasteiger partial charge is 0.0627 e. The Morgan fingerprint density at radius 3 is 2.82 bits per heavy atom. The van der Waals surface area contributed by atoms with Gasteiger partial charge in [-0.1, -0.05) is 19.1 Å². The molecule has 0 aliphatic rings. The zero-order valence-corrected chi connectivity index (χ0v) is 12.8. The van der Waals surface area contributed by atoms with Gasteiger partial charge in [-0.25, -0.2) is 0 Å². The lowest BCUT2D eigenvalue weighted by molar-refractivity contribution is 0.119. The van der Waals surface area contributed by atoms with Gasteiger partial charge >= 0.3 is 0 Å². The van der Waals surface area contributed by atoms with Crippen LogP contribution in [-0.2, 0) is 4.74 Å². The first-order valence-corrected chi connectivity index (χ1v) is 7.68. The lowest BCUT2D eigenvalue weighted by Gasteiger charge is -2.16. The van der Waals surface area contributed by atoms with Crippen molar-refractivity contribution in [1.82, 2.24) is 5.32 Å². The molecule has 0 bridgehead atoms. The Hall–Kier alpha value is -0.0300.